The van der Waals surface area contributed by atoms with E-state index >= 15 is 4.39 Å². The molecule has 2 aromatic heterocycles. The molecule has 1 saturated carbocycles. The fourth-order valence-corrected chi connectivity index (χ4v) is 4.55. The van der Waals surface area contributed by atoms with Gasteiger partial charge in [0.15, 0.2) is 35.3 Å². The third-order valence-corrected chi connectivity index (χ3v) is 6.87. The van der Waals surface area contributed by atoms with Crippen molar-refractivity contribution in [3.8, 4) is 24.0 Å². The van der Waals surface area contributed by atoms with Gasteiger partial charge >= 0.3 is 5.97 Å². The van der Waals surface area contributed by atoms with Crippen LogP contribution in [0.2, 0.25) is 0 Å². The lowest BCUT2D eigenvalue weighted by Crippen LogP contribution is -2.51. The Kier molecular flexibility index (Phi) is 11.3. The van der Waals surface area contributed by atoms with Crippen LogP contribution in [0.1, 0.15) is 52.2 Å². The second-order valence-electron chi connectivity index (χ2n) is 10.1. The second kappa shape index (κ2) is 15.1. The van der Waals surface area contributed by atoms with Crippen LogP contribution in [0.15, 0.2) is 36.7 Å². The van der Waals surface area contributed by atoms with E-state index in [1.54, 1.807) is 37.3 Å². The number of aliphatic hydroxyl groups is 2. The van der Waals surface area contributed by atoms with Crippen LogP contribution < -0.4 is 15.3 Å². The summed E-state index contributed by atoms with van der Waals surface area (Å²) in [5.41, 5.74) is 6.05. The summed E-state index contributed by atoms with van der Waals surface area (Å²) in [5, 5.41) is 21.5. The lowest BCUT2D eigenvalue weighted by Gasteiger charge is -2.34. The zero-order valence-electron chi connectivity index (χ0n) is 24.5. The fraction of sp³-hybridized carbons (Fsp3) is 0.517. The Bertz CT molecular complexity index is 1420. The molecule has 238 valence electrons. The molecule has 15 heteroatoms. The number of imidazole rings is 1. The maximum Gasteiger partial charge on any atom is 0.329 e. The minimum atomic E-state index is -3.15. The molecule has 0 amide bonds. The summed E-state index contributed by atoms with van der Waals surface area (Å²) < 4.78 is 34.3. The smallest absolute Gasteiger partial charge is 0.329 e. The molecule has 1 aromatic carbocycles. The topological polar surface area (TPSA) is 177 Å². The first-order chi connectivity index (χ1) is 21.2. The molecule has 4 rings (SSSR count). The van der Waals surface area contributed by atoms with Crippen molar-refractivity contribution < 1.29 is 43.3 Å². The highest BCUT2D eigenvalue weighted by molar-refractivity contribution is 5.77. The molecule has 44 heavy (non-hydrogen) atoms. The van der Waals surface area contributed by atoms with E-state index in [9.17, 15) is 15.0 Å². The van der Waals surface area contributed by atoms with Gasteiger partial charge in [0.2, 0.25) is 11.8 Å². The summed E-state index contributed by atoms with van der Waals surface area (Å²) >= 11 is 0. The van der Waals surface area contributed by atoms with Crippen molar-refractivity contribution in [1.29, 1.82) is 0 Å². The van der Waals surface area contributed by atoms with Crippen molar-refractivity contribution >= 4 is 23.1 Å². The van der Waals surface area contributed by atoms with E-state index in [-0.39, 0.29) is 41.5 Å². The van der Waals surface area contributed by atoms with Crippen molar-refractivity contribution in [2.75, 3.05) is 25.6 Å². The highest BCUT2D eigenvalue weighted by Crippen LogP contribution is 2.30. The van der Waals surface area contributed by atoms with Gasteiger partial charge in [0.1, 0.15) is 12.7 Å². The van der Waals surface area contributed by atoms with Crippen molar-refractivity contribution in [1.82, 2.24) is 24.7 Å². The fourth-order valence-electron chi connectivity index (χ4n) is 4.55. The van der Waals surface area contributed by atoms with Gasteiger partial charge in [0.25, 0.3) is 5.85 Å². The molecule has 1 unspecified atom stereocenters. The number of nitrogens with two attached hydrogens (primary N) is 1. The van der Waals surface area contributed by atoms with Gasteiger partial charge in [-0.15, -0.1) is 6.42 Å². The molecule has 0 saturated heterocycles. The van der Waals surface area contributed by atoms with E-state index in [0.29, 0.717) is 0 Å². The SMILES string of the molecule is C#C[C@H](O)[C@@](F)(CON(Oc1ccccc1)C(C)C(=O)OC1CCCCC1)O[C@H](CO)n1cnc2c(OCC)nc(N)nc21. The third kappa shape index (κ3) is 7.90. The number of hydroxylamine groups is 2. The predicted molar refractivity (Wildman–Crippen MR) is 154 cm³/mol. The number of aliphatic hydroxyl groups excluding tert-OH is 2. The summed E-state index contributed by atoms with van der Waals surface area (Å²) in [5.74, 6) is -1.74. The monoisotopic (exact) mass is 616 g/mol. The van der Waals surface area contributed by atoms with Crippen molar-refractivity contribution in [3.05, 3.63) is 36.7 Å². The van der Waals surface area contributed by atoms with E-state index in [1.165, 1.54) is 17.8 Å². The van der Waals surface area contributed by atoms with E-state index in [2.05, 4.69) is 15.0 Å². The molecular formula is C29H37FN6O8. The van der Waals surface area contributed by atoms with E-state index < -0.39 is 43.4 Å². The number of terminal acetylenes is 1. The number of alkyl halides is 1. The molecule has 0 radical (unpaired) electrons. The number of carbonyl (C=O) groups is 1. The van der Waals surface area contributed by atoms with Crippen LogP contribution >= 0.6 is 0 Å². The predicted octanol–water partition coefficient (Wildman–Crippen LogP) is 2.47. The van der Waals surface area contributed by atoms with Gasteiger partial charge in [-0.2, -0.15) is 9.97 Å². The van der Waals surface area contributed by atoms with E-state index in [1.807, 2.05) is 5.92 Å². The number of ether oxygens (including phenoxy) is 3. The molecule has 2 heterocycles. The van der Waals surface area contributed by atoms with Crippen LogP contribution in [0.25, 0.3) is 11.2 Å². The summed E-state index contributed by atoms with van der Waals surface area (Å²) in [6.45, 7) is 1.57. The zero-order chi connectivity index (χ0) is 31.7. The molecule has 0 spiro atoms. The van der Waals surface area contributed by atoms with Crippen LogP contribution in [0, 0.1) is 12.3 Å². The molecule has 4 N–H and O–H groups in total. The maximum absolute atomic E-state index is 16.5. The number of para-hydroxylation sites is 1. The number of benzene rings is 1. The number of nitrogen functional groups attached to an aromatic ring is 1. The highest BCUT2D eigenvalue weighted by Gasteiger charge is 2.44. The number of halogens is 1. The standard InChI is InChI=1S/C29H37FN6O8/c1-4-22(38)29(30,43-23(16-37)35-18-32-24-25(35)33-28(31)34-26(24)40-5-2)17-41-36(44-21-14-10-7-11-15-21)19(3)27(39)42-20-12-8-6-9-13-20/h1,7,10-11,14-15,18-20,22-23,37-38H,5-6,8-9,12-13,16-17H2,2-3H3,(H2,31,33,34)/t19?,22-,23+,29+/m0/s1. The first-order valence-corrected chi connectivity index (χ1v) is 14.3. The second-order valence-corrected chi connectivity index (χ2v) is 10.1. The molecule has 1 aliphatic rings. The van der Waals surface area contributed by atoms with Gasteiger partial charge in [0.05, 0.1) is 19.5 Å². The Hall–Kier alpha value is -4.07. The van der Waals surface area contributed by atoms with Crippen molar-refractivity contribution in [3.63, 3.8) is 0 Å². The lowest BCUT2D eigenvalue weighted by molar-refractivity contribution is -0.374. The van der Waals surface area contributed by atoms with Crippen molar-refractivity contribution in [2.24, 2.45) is 0 Å². The number of rotatable bonds is 15. The Balaban J connectivity index is 1.57. The van der Waals surface area contributed by atoms with Gasteiger partial charge in [0, 0.05) is 0 Å². The van der Waals surface area contributed by atoms with Gasteiger partial charge < -0.3 is 35.0 Å². The molecule has 0 aliphatic heterocycles. The average molecular weight is 617 g/mol. The summed E-state index contributed by atoms with van der Waals surface area (Å²) in [4.78, 5) is 36.7. The Labute approximate surface area is 253 Å². The molecule has 3 aromatic rings. The Morgan fingerprint density at radius 3 is 2.66 bits per heavy atom. The van der Waals surface area contributed by atoms with E-state index in [4.69, 9.17) is 36.0 Å². The molecule has 14 nitrogen and oxygen atoms in total. The number of fused-ring (bicyclic) bond motifs is 1. The largest absolute Gasteiger partial charge is 0.476 e. The number of hydrogen-bond donors (Lipinski definition) is 3. The zero-order valence-corrected chi connectivity index (χ0v) is 24.5. The molecule has 4 atom stereocenters. The lowest BCUT2D eigenvalue weighted by atomic mass is 9.98. The Morgan fingerprint density at radius 1 is 1.27 bits per heavy atom. The van der Waals surface area contributed by atoms with Crippen LogP contribution in [-0.2, 0) is 19.1 Å². The molecule has 1 fully saturated rings. The first kappa shape index (κ1) is 32.8. The van der Waals surface area contributed by atoms with Crippen LogP contribution in [0.5, 0.6) is 11.6 Å². The summed E-state index contributed by atoms with van der Waals surface area (Å²) in [6.07, 6.45) is 7.06. The number of carbonyl (C=O) groups excluding carboxylic acids is 1. The highest BCUT2D eigenvalue weighted by atomic mass is 19.2. The number of esters is 1. The third-order valence-electron chi connectivity index (χ3n) is 6.87. The minimum absolute atomic E-state index is 0.0617. The van der Waals surface area contributed by atoms with Gasteiger partial charge in [-0.3, -0.25) is 14.2 Å². The summed E-state index contributed by atoms with van der Waals surface area (Å²) in [7, 11) is 0. The van der Waals surface area contributed by atoms with Gasteiger partial charge in [-0.1, -0.05) is 30.5 Å². The normalized spacial score (nSPS) is 17.4. The number of aromatic nitrogens is 4. The van der Waals surface area contributed by atoms with E-state index in [0.717, 1.165) is 37.3 Å². The van der Waals surface area contributed by atoms with Crippen molar-refractivity contribution in [2.45, 2.75) is 76.3 Å². The van der Waals surface area contributed by atoms with Crippen LogP contribution in [0.3, 0.4) is 0 Å². The van der Waals surface area contributed by atoms with Crippen LogP contribution in [-0.4, -0.2) is 84.9 Å². The maximum atomic E-state index is 16.5. The number of anilines is 1. The van der Waals surface area contributed by atoms with Gasteiger partial charge in [-0.05, 0) is 56.9 Å². The van der Waals surface area contributed by atoms with Crippen LogP contribution in [0.4, 0.5) is 10.3 Å². The number of nitrogens with zero attached hydrogens (tertiary/aromatic N) is 5. The van der Waals surface area contributed by atoms with Gasteiger partial charge in [-0.25, -0.2) is 9.37 Å². The average Bonchev–Trinajstić information content (AvgIpc) is 3.46. The molecular weight excluding hydrogens is 579 g/mol. The minimum Gasteiger partial charge on any atom is -0.476 e. The number of hydrogen-bond acceptors (Lipinski definition) is 13. The Morgan fingerprint density at radius 2 is 2.00 bits per heavy atom. The summed E-state index contributed by atoms with van der Waals surface area (Å²) in [6, 6.07) is 7.16. The molecule has 1 aliphatic carbocycles. The molecule has 0 bridgehead atoms. The quantitative estimate of drug-likeness (QED) is 0.129. The first-order valence-electron chi connectivity index (χ1n) is 14.3.